The fraction of sp³-hybridized carbons (Fsp3) is 0.160. The van der Waals surface area contributed by atoms with Crippen LogP contribution in [0.4, 0.5) is 26.1 Å². The van der Waals surface area contributed by atoms with Crippen LogP contribution >= 0.6 is 11.6 Å². The average molecular weight is 579 g/mol. The zero-order chi connectivity index (χ0) is 28.2. The van der Waals surface area contributed by atoms with Crippen molar-refractivity contribution in [3.05, 3.63) is 72.1 Å². The molecule has 0 unspecified atom stereocenters. The van der Waals surface area contributed by atoms with Gasteiger partial charge in [-0.05, 0) is 42.0 Å². The van der Waals surface area contributed by atoms with Crippen LogP contribution in [0.2, 0.25) is 5.02 Å². The average Bonchev–Trinajstić information content (AvgIpc) is 3.41. The van der Waals surface area contributed by atoms with E-state index in [-0.39, 0.29) is 51.1 Å². The summed E-state index contributed by atoms with van der Waals surface area (Å²) < 4.78 is 67.5. The molecule has 2 aromatic carbocycles. The number of carbonyl (C=O) groups is 1. The minimum Gasteiger partial charge on any atom is -0.495 e. The molecule has 2 heterocycles. The maximum atomic E-state index is 13.0. The summed E-state index contributed by atoms with van der Waals surface area (Å²) in [5, 5.41) is 3.70. The number of aromatic nitrogens is 2. The van der Waals surface area contributed by atoms with E-state index in [0.29, 0.717) is 11.1 Å². The van der Waals surface area contributed by atoms with E-state index in [4.69, 9.17) is 16.3 Å². The van der Waals surface area contributed by atoms with Crippen molar-refractivity contribution in [2.75, 3.05) is 16.7 Å². The third kappa shape index (κ3) is 6.26. The molecule has 0 saturated heterocycles. The van der Waals surface area contributed by atoms with Gasteiger partial charge in [-0.1, -0.05) is 35.8 Å². The molecule has 0 bridgehead atoms. The highest BCUT2D eigenvalue weighted by molar-refractivity contribution is 7.92. The normalized spacial score (nSPS) is 11.3. The monoisotopic (exact) mass is 578 g/mol. The number of anilines is 3. The van der Waals surface area contributed by atoms with E-state index in [0.717, 1.165) is 6.20 Å². The van der Waals surface area contributed by atoms with Gasteiger partial charge in [-0.15, -0.1) is 0 Å². The van der Waals surface area contributed by atoms with Gasteiger partial charge in [0.05, 0.1) is 17.8 Å². The SMILES string of the molecule is CCC(=O)N(c1ccc(S(=O)(=O)Nc2ccon2)cn1)c1cc(Cl)c(-c2cccc(OC(F)F)c2)cc1OC. The molecule has 1 N–H and O–H groups in total. The number of alkyl halides is 2. The van der Waals surface area contributed by atoms with Gasteiger partial charge < -0.3 is 14.0 Å². The lowest BCUT2D eigenvalue weighted by atomic mass is 10.0. The Labute approximate surface area is 227 Å². The van der Waals surface area contributed by atoms with Crippen LogP contribution < -0.4 is 19.1 Å². The summed E-state index contributed by atoms with van der Waals surface area (Å²) in [7, 11) is -2.64. The van der Waals surface area contributed by atoms with Gasteiger partial charge in [-0.3, -0.25) is 14.4 Å². The number of pyridine rings is 1. The molecule has 1 amide bonds. The Balaban J connectivity index is 1.72. The highest BCUT2D eigenvalue weighted by Crippen LogP contribution is 2.42. The van der Waals surface area contributed by atoms with Crippen molar-refractivity contribution in [2.24, 2.45) is 0 Å². The largest absolute Gasteiger partial charge is 0.495 e. The Hall–Kier alpha value is -4.23. The van der Waals surface area contributed by atoms with Crippen LogP contribution in [0, 0.1) is 0 Å². The molecule has 0 aliphatic carbocycles. The summed E-state index contributed by atoms with van der Waals surface area (Å²) in [5.41, 5.74) is 1.15. The van der Waals surface area contributed by atoms with Gasteiger partial charge >= 0.3 is 6.61 Å². The van der Waals surface area contributed by atoms with E-state index in [2.05, 4.69) is 24.1 Å². The minimum atomic E-state index is -4.02. The zero-order valence-electron chi connectivity index (χ0n) is 20.5. The van der Waals surface area contributed by atoms with Gasteiger partial charge in [0, 0.05) is 24.2 Å². The molecule has 0 spiro atoms. The van der Waals surface area contributed by atoms with Gasteiger partial charge in [0.25, 0.3) is 10.0 Å². The van der Waals surface area contributed by atoms with E-state index in [9.17, 15) is 22.0 Å². The van der Waals surface area contributed by atoms with Crippen molar-refractivity contribution >= 4 is 44.9 Å². The number of hydrogen-bond acceptors (Lipinski definition) is 8. The van der Waals surface area contributed by atoms with Crippen LogP contribution in [0.15, 0.2) is 76.5 Å². The van der Waals surface area contributed by atoms with E-state index >= 15 is 0 Å². The number of halogens is 3. The van der Waals surface area contributed by atoms with Crippen LogP contribution in [0.5, 0.6) is 11.5 Å². The van der Waals surface area contributed by atoms with E-state index in [1.54, 1.807) is 19.1 Å². The summed E-state index contributed by atoms with van der Waals surface area (Å²) in [6, 6.07) is 13.0. The summed E-state index contributed by atoms with van der Waals surface area (Å²) in [5.74, 6) is -0.109. The number of methoxy groups -OCH3 is 1. The summed E-state index contributed by atoms with van der Waals surface area (Å²) in [4.78, 5) is 18.3. The molecule has 10 nitrogen and oxygen atoms in total. The molecule has 4 aromatic rings. The quantitative estimate of drug-likeness (QED) is 0.247. The molecule has 14 heteroatoms. The van der Waals surface area contributed by atoms with Crippen LogP contribution in [0.1, 0.15) is 13.3 Å². The number of ether oxygens (including phenoxy) is 2. The van der Waals surface area contributed by atoms with Gasteiger partial charge in [0.15, 0.2) is 5.82 Å². The van der Waals surface area contributed by atoms with Gasteiger partial charge in [0.1, 0.15) is 28.5 Å². The molecule has 0 atom stereocenters. The highest BCUT2D eigenvalue weighted by atomic mass is 35.5. The molecule has 0 aliphatic heterocycles. The van der Waals surface area contributed by atoms with Crippen LogP contribution in [0.3, 0.4) is 0 Å². The maximum absolute atomic E-state index is 13.0. The number of hydrogen-bond donors (Lipinski definition) is 1. The fourth-order valence-corrected chi connectivity index (χ4v) is 4.82. The molecular weight excluding hydrogens is 558 g/mol. The van der Waals surface area contributed by atoms with Crippen molar-refractivity contribution < 1.29 is 36.0 Å². The first-order valence-electron chi connectivity index (χ1n) is 11.3. The molecule has 0 aliphatic rings. The second kappa shape index (κ2) is 11.7. The summed E-state index contributed by atoms with van der Waals surface area (Å²) >= 11 is 6.58. The van der Waals surface area contributed by atoms with E-state index < -0.39 is 16.6 Å². The lowest BCUT2D eigenvalue weighted by molar-refractivity contribution is -0.117. The lowest BCUT2D eigenvalue weighted by Crippen LogP contribution is -2.26. The number of rotatable bonds is 10. The molecule has 0 saturated carbocycles. The molecule has 4 rings (SSSR count). The predicted octanol–water partition coefficient (Wildman–Crippen LogP) is 5.88. The van der Waals surface area contributed by atoms with E-state index in [1.807, 2.05) is 0 Å². The Morgan fingerprint density at radius 3 is 2.59 bits per heavy atom. The van der Waals surface area contributed by atoms with Crippen LogP contribution in [0.25, 0.3) is 11.1 Å². The Bertz CT molecular complexity index is 1570. The molecule has 204 valence electrons. The van der Waals surface area contributed by atoms with Crippen molar-refractivity contribution in [3.8, 4) is 22.6 Å². The van der Waals surface area contributed by atoms with Gasteiger partial charge in [-0.2, -0.15) is 8.78 Å². The van der Waals surface area contributed by atoms with Crippen LogP contribution in [-0.4, -0.2) is 38.2 Å². The lowest BCUT2D eigenvalue weighted by Gasteiger charge is -2.24. The van der Waals surface area contributed by atoms with Crippen molar-refractivity contribution in [1.29, 1.82) is 0 Å². The smallest absolute Gasteiger partial charge is 0.387 e. The molecular formula is C25H21ClF2N4O6S. The van der Waals surface area contributed by atoms with Crippen molar-refractivity contribution in [2.45, 2.75) is 24.9 Å². The second-order valence-corrected chi connectivity index (χ2v) is 9.92. The topological polar surface area (TPSA) is 124 Å². The first-order chi connectivity index (χ1) is 18.6. The molecule has 2 aromatic heterocycles. The summed E-state index contributed by atoms with van der Waals surface area (Å²) in [6.45, 7) is -1.35. The third-order valence-electron chi connectivity index (χ3n) is 5.37. The zero-order valence-corrected chi connectivity index (χ0v) is 22.0. The second-order valence-electron chi connectivity index (χ2n) is 7.84. The predicted molar refractivity (Wildman–Crippen MR) is 139 cm³/mol. The number of amides is 1. The maximum Gasteiger partial charge on any atom is 0.387 e. The molecule has 0 radical (unpaired) electrons. The molecule has 0 fully saturated rings. The van der Waals surface area contributed by atoms with Crippen molar-refractivity contribution in [1.82, 2.24) is 10.1 Å². The Morgan fingerprint density at radius 2 is 1.97 bits per heavy atom. The Morgan fingerprint density at radius 1 is 1.18 bits per heavy atom. The van der Waals surface area contributed by atoms with E-state index in [1.165, 1.54) is 60.7 Å². The number of sulfonamides is 1. The number of benzene rings is 2. The van der Waals surface area contributed by atoms with Gasteiger partial charge in [0.2, 0.25) is 5.91 Å². The number of carbonyl (C=O) groups excluding carboxylic acids is 1. The number of nitrogens with zero attached hydrogens (tertiary/aromatic N) is 3. The highest BCUT2D eigenvalue weighted by Gasteiger charge is 2.25. The number of nitrogens with one attached hydrogen (secondary N) is 1. The third-order valence-corrected chi connectivity index (χ3v) is 7.02. The first kappa shape index (κ1) is 27.8. The van der Waals surface area contributed by atoms with Gasteiger partial charge in [-0.25, -0.2) is 13.4 Å². The summed E-state index contributed by atoms with van der Waals surface area (Å²) in [6.07, 6.45) is 2.38. The van der Waals surface area contributed by atoms with Crippen LogP contribution in [-0.2, 0) is 14.8 Å². The fourth-order valence-electron chi connectivity index (χ4n) is 3.61. The minimum absolute atomic E-state index is 0.00682. The Kier molecular flexibility index (Phi) is 8.31. The van der Waals surface area contributed by atoms with Crippen molar-refractivity contribution in [3.63, 3.8) is 0 Å². The standard InChI is InChI=1S/C25H21ClF2N4O6S/c1-3-24(33)32(23-8-7-17(14-29-23)39(34,35)31-22-9-10-37-30-22)20-13-19(26)18(12-21(20)36-2)15-5-4-6-16(11-15)38-25(27)28/h4-14,25H,3H2,1-2H3,(H,30,31). The molecule has 39 heavy (non-hydrogen) atoms. The first-order valence-corrected chi connectivity index (χ1v) is 13.1.